The van der Waals surface area contributed by atoms with E-state index in [4.69, 9.17) is 5.11 Å². The second-order valence-electron chi connectivity index (χ2n) is 9.16. The summed E-state index contributed by atoms with van der Waals surface area (Å²) >= 11 is 0. The van der Waals surface area contributed by atoms with Gasteiger partial charge in [0.2, 0.25) is 0 Å². The van der Waals surface area contributed by atoms with Crippen LogP contribution in [0.3, 0.4) is 0 Å². The van der Waals surface area contributed by atoms with Crippen LogP contribution in [0.4, 0.5) is 0 Å². The molecule has 1 aliphatic carbocycles. The lowest BCUT2D eigenvalue weighted by Crippen LogP contribution is -2.35. The molecule has 0 radical (unpaired) electrons. The van der Waals surface area contributed by atoms with Gasteiger partial charge >= 0.3 is 5.97 Å². The highest BCUT2D eigenvalue weighted by atomic mass is 16.4. The largest absolute Gasteiger partial charge is 0.478 e. The summed E-state index contributed by atoms with van der Waals surface area (Å²) in [5.41, 5.74) is 4.08. The van der Waals surface area contributed by atoms with Crippen molar-refractivity contribution >= 4 is 11.9 Å². The first-order valence-corrected chi connectivity index (χ1v) is 9.95. The van der Waals surface area contributed by atoms with Crippen LogP contribution in [0.5, 0.6) is 0 Å². The third kappa shape index (κ3) is 4.20. The van der Waals surface area contributed by atoms with E-state index >= 15 is 0 Å². The molecule has 0 heterocycles. The van der Waals surface area contributed by atoms with Crippen LogP contribution in [0.2, 0.25) is 0 Å². The molecule has 3 rings (SSSR count). The summed E-state index contributed by atoms with van der Waals surface area (Å²) in [5.74, 6) is -1.39. The molecular formula is C24H29NO4. The zero-order valence-corrected chi connectivity index (χ0v) is 17.5. The molecule has 1 amide bonds. The molecule has 0 aliphatic heterocycles. The van der Waals surface area contributed by atoms with E-state index in [1.165, 1.54) is 35.4 Å². The van der Waals surface area contributed by atoms with Crippen molar-refractivity contribution in [1.29, 1.82) is 0 Å². The Hall–Kier alpha value is -2.66. The standard InChI is InChI=1S/C24H29NO4/c1-23(2)11-12-24(3,4)19-13-17(9-10-18(19)23)20(14-26)25-21(27)15-5-7-16(8-6-15)22(28)29/h5-10,13,20,26H,11-12,14H2,1-4H3,(H,25,27)(H,28,29). The fourth-order valence-corrected chi connectivity index (χ4v) is 4.06. The summed E-state index contributed by atoms with van der Waals surface area (Å²) in [7, 11) is 0. The molecular weight excluding hydrogens is 366 g/mol. The van der Waals surface area contributed by atoms with Gasteiger partial charge in [0.1, 0.15) is 0 Å². The number of nitrogens with one attached hydrogen (secondary N) is 1. The maximum absolute atomic E-state index is 12.6. The van der Waals surface area contributed by atoms with Gasteiger partial charge in [-0.1, -0.05) is 45.9 Å². The Balaban J connectivity index is 1.87. The SMILES string of the molecule is CC1(C)CCC(C)(C)c2cc(C(CO)NC(=O)c3ccc(C(=O)O)cc3)ccc21. The summed E-state index contributed by atoms with van der Waals surface area (Å²) in [6.07, 6.45) is 2.21. The maximum atomic E-state index is 12.6. The Morgan fingerprint density at radius 3 is 2.03 bits per heavy atom. The molecule has 1 unspecified atom stereocenters. The van der Waals surface area contributed by atoms with Crippen molar-refractivity contribution in [2.45, 2.75) is 57.4 Å². The summed E-state index contributed by atoms with van der Waals surface area (Å²) in [4.78, 5) is 23.6. The average Bonchev–Trinajstić information content (AvgIpc) is 2.69. The lowest BCUT2D eigenvalue weighted by molar-refractivity contribution is 0.0696. The van der Waals surface area contributed by atoms with Crippen LogP contribution in [0, 0.1) is 0 Å². The van der Waals surface area contributed by atoms with Gasteiger partial charge in [0.15, 0.2) is 0 Å². The Labute approximate surface area is 171 Å². The number of hydrogen-bond donors (Lipinski definition) is 3. The number of fused-ring (bicyclic) bond motifs is 1. The summed E-state index contributed by atoms with van der Waals surface area (Å²) in [6.45, 7) is 8.77. The molecule has 1 aliphatic rings. The normalized spacial score (nSPS) is 17.8. The monoisotopic (exact) mass is 395 g/mol. The molecule has 3 N–H and O–H groups in total. The molecule has 0 bridgehead atoms. The molecule has 0 saturated carbocycles. The van der Waals surface area contributed by atoms with Gasteiger partial charge in [0, 0.05) is 5.56 Å². The molecule has 154 valence electrons. The van der Waals surface area contributed by atoms with E-state index in [9.17, 15) is 14.7 Å². The second kappa shape index (κ2) is 7.64. The number of carbonyl (C=O) groups excluding carboxylic acids is 1. The molecule has 0 aromatic heterocycles. The fourth-order valence-electron chi connectivity index (χ4n) is 4.06. The van der Waals surface area contributed by atoms with Gasteiger partial charge in [-0.15, -0.1) is 0 Å². The van der Waals surface area contributed by atoms with Crippen molar-refractivity contribution in [3.63, 3.8) is 0 Å². The number of aliphatic hydroxyl groups excluding tert-OH is 1. The first kappa shape index (κ1) is 21.1. The van der Waals surface area contributed by atoms with Crippen LogP contribution in [0.1, 0.15) is 84.0 Å². The summed E-state index contributed by atoms with van der Waals surface area (Å²) in [5, 5.41) is 21.8. The second-order valence-corrected chi connectivity index (χ2v) is 9.16. The van der Waals surface area contributed by atoms with E-state index in [2.05, 4.69) is 45.1 Å². The maximum Gasteiger partial charge on any atom is 0.335 e. The number of hydrogen-bond acceptors (Lipinski definition) is 3. The number of aromatic carboxylic acids is 1. The average molecular weight is 395 g/mol. The van der Waals surface area contributed by atoms with E-state index in [1.54, 1.807) is 0 Å². The molecule has 5 nitrogen and oxygen atoms in total. The number of carboxylic acids is 1. The van der Waals surface area contributed by atoms with E-state index in [0.29, 0.717) is 5.56 Å². The van der Waals surface area contributed by atoms with Gasteiger partial charge < -0.3 is 15.5 Å². The van der Waals surface area contributed by atoms with Crippen LogP contribution in [-0.4, -0.2) is 28.7 Å². The van der Waals surface area contributed by atoms with Crippen molar-refractivity contribution < 1.29 is 19.8 Å². The third-order valence-corrected chi connectivity index (χ3v) is 6.16. The zero-order valence-electron chi connectivity index (χ0n) is 17.5. The summed E-state index contributed by atoms with van der Waals surface area (Å²) in [6, 6.07) is 11.4. The molecule has 2 aromatic carbocycles. The minimum absolute atomic E-state index is 0.0392. The Morgan fingerprint density at radius 1 is 0.931 bits per heavy atom. The number of aliphatic hydroxyl groups is 1. The number of carboxylic acid groups (broad SMARTS) is 1. The van der Waals surface area contributed by atoms with Gasteiger partial charge in [-0.25, -0.2) is 4.79 Å². The minimum atomic E-state index is -1.04. The smallest absolute Gasteiger partial charge is 0.335 e. The number of rotatable bonds is 5. The van der Waals surface area contributed by atoms with Crippen LogP contribution in [-0.2, 0) is 10.8 Å². The van der Waals surface area contributed by atoms with Crippen LogP contribution >= 0.6 is 0 Å². The Kier molecular flexibility index (Phi) is 5.54. The fraction of sp³-hybridized carbons (Fsp3) is 0.417. The lowest BCUT2D eigenvalue weighted by Gasteiger charge is -2.42. The van der Waals surface area contributed by atoms with Gasteiger partial charge in [0.25, 0.3) is 5.91 Å². The molecule has 5 heteroatoms. The molecule has 0 spiro atoms. The van der Waals surface area contributed by atoms with E-state index in [-0.39, 0.29) is 28.9 Å². The van der Waals surface area contributed by atoms with Crippen molar-refractivity contribution in [2.75, 3.05) is 6.61 Å². The Morgan fingerprint density at radius 2 is 1.48 bits per heavy atom. The van der Waals surface area contributed by atoms with Crippen LogP contribution < -0.4 is 5.32 Å². The predicted octanol–water partition coefficient (Wildman–Crippen LogP) is 4.20. The third-order valence-electron chi connectivity index (χ3n) is 6.16. The van der Waals surface area contributed by atoms with Crippen molar-refractivity contribution in [3.05, 3.63) is 70.3 Å². The van der Waals surface area contributed by atoms with E-state index < -0.39 is 12.0 Å². The molecule has 0 fully saturated rings. The Bertz CT molecular complexity index is 928. The van der Waals surface area contributed by atoms with Crippen molar-refractivity contribution in [2.24, 2.45) is 0 Å². The van der Waals surface area contributed by atoms with Crippen LogP contribution in [0.25, 0.3) is 0 Å². The van der Waals surface area contributed by atoms with Crippen molar-refractivity contribution in [3.8, 4) is 0 Å². The van der Waals surface area contributed by atoms with Gasteiger partial charge in [-0.3, -0.25) is 4.79 Å². The first-order chi connectivity index (χ1) is 13.5. The van der Waals surface area contributed by atoms with Crippen LogP contribution in [0.15, 0.2) is 42.5 Å². The van der Waals surface area contributed by atoms with Crippen molar-refractivity contribution in [1.82, 2.24) is 5.32 Å². The topological polar surface area (TPSA) is 86.6 Å². The first-order valence-electron chi connectivity index (χ1n) is 9.95. The van der Waals surface area contributed by atoms with E-state index in [1.807, 2.05) is 6.07 Å². The lowest BCUT2D eigenvalue weighted by atomic mass is 9.63. The molecule has 1 atom stereocenters. The highest BCUT2D eigenvalue weighted by molar-refractivity contribution is 5.96. The van der Waals surface area contributed by atoms with Gasteiger partial charge in [-0.05, 0) is 64.6 Å². The van der Waals surface area contributed by atoms with Gasteiger partial charge in [-0.2, -0.15) is 0 Å². The summed E-state index contributed by atoms with van der Waals surface area (Å²) < 4.78 is 0. The quantitative estimate of drug-likeness (QED) is 0.708. The van der Waals surface area contributed by atoms with E-state index in [0.717, 1.165) is 18.4 Å². The number of amides is 1. The minimum Gasteiger partial charge on any atom is -0.478 e. The number of benzene rings is 2. The molecule has 0 saturated heterocycles. The predicted molar refractivity (Wildman–Crippen MR) is 112 cm³/mol. The highest BCUT2D eigenvalue weighted by Gasteiger charge is 2.37. The zero-order chi connectivity index (χ0) is 21.4. The molecule has 29 heavy (non-hydrogen) atoms. The van der Waals surface area contributed by atoms with Gasteiger partial charge in [0.05, 0.1) is 18.2 Å². The number of carbonyl (C=O) groups is 2. The molecule has 2 aromatic rings. The highest BCUT2D eigenvalue weighted by Crippen LogP contribution is 2.46.